The van der Waals surface area contributed by atoms with Crippen molar-refractivity contribution in [2.45, 2.75) is 36.4 Å². The Balaban J connectivity index is 1.49. The molecule has 2 aliphatic rings. The first-order valence-corrected chi connectivity index (χ1v) is 11.2. The molecule has 0 unspecified atom stereocenters. The van der Waals surface area contributed by atoms with Crippen LogP contribution < -0.4 is 5.32 Å². The minimum absolute atomic E-state index is 0.0179. The molecule has 1 saturated carbocycles. The zero-order valence-corrected chi connectivity index (χ0v) is 17.2. The molecule has 1 aliphatic heterocycles. The van der Waals surface area contributed by atoms with E-state index in [1.54, 1.807) is 0 Å². The second-order valence-corrected chi connectivity index (χ2v) is 9.41. The van der Waals surface area contributed by atoms with Crippen LogP contribution in [0.1, 0.15) is 30.1 Å². The lowest BCUT2D eigenvalue weighted by molar-refractivity contribution is -0.141. The van der Waals surface area contributed by atoms with Crippen LogP contribution in [0.3, 0.4) is 0 Å². The van der Waals surface area contributed by atoms with Gasteiger partial charge in [-0.2, -0.15) is 22.6 Å². The Morgan fingerprint density at radius 1 is 1.19 bits per heavy atom. The molecule has 1 aromatic carbocycles. The van der Waals surface area contributed by atoms with Gasteiger partial charge in [0.15, 0.2) is 5.69 Å². The molecule has 0 spiro atoms. The van der Waals surface area contributed by atoms with Gasteiger partial charge in [0.2, 0.25) is 15.9 Å². The Hall–Kier alpha value is -2.44. The van der Waals surface area contributed by atoms with Crippen molar-refractivity contribution in [2.75, 3.05) is 31.6 Å². The van der Waals surface area contributed by atoms with Crippen LogP contribution >= 0.6 is 0 Å². The lowest BCUT2D eigenvalue weighted by atomic mass is 10.2. The van der Waals surface area contributed by atoms with E-state index in [0.29, 0.717) is 18.9 Å². The quantitative estimate of drug-likeness (QED) is 0.718. The minimum Gasteiger partial charge on any atom is -0.379 e. The normalized spacial score (nSPS) is 18.2. The first-order chi connectivity index (χ1) is 14.6. The van der Waals surface area contributed by atoms with Gasteiger partial charge in [0.05, 0.1) is 18.1 Å². The Morgan fingerprint density at radius 3 is 2.55 bits per heavy atom. The number of carbonyl (C=O) groups excluding carboxylic acids is 1. The lowest BCUT2D eigenvalue weighted by Crippen LogP contribution is -2.40. The van der Waals surface area contributed by atoms with Crippen LogP contribution in [0.5, 0.6) is 0 Å². The summed E-state index contributed by atoms with van der Waals surface area (Å²) in [5.74, 6) is -0.627. The monoisotopic (exact) mass is 458 g/mol. The second kappa shape index (κ2) is 8.24. The van der Waals surface area contributed by atoms with E-state index < -0.39 is 34.3 Å². The Labute approximate surface area is 177 Å². The predicted molar refractivity (Wildman–Crippen MR) is 104 cm³/mol. The van der Waals surface area contributed by atoms with Gasteiger partial charge in [-0.05, 0) is 37.1 Å². The van der Waals surface area contributed by atoms with Gasteiger partial charge in [-0.3, -0.25) is 9.48 Å². The SMILES string of the molecule is O=C(Cn1nc(C(F)(F)F)cc1C1CC1)Nc1cccc(S(=O)(=O)N2CCOCC2)c1. The molecule has 2 fully saturated rings. The summed E-state index contributed by atoms with van der Waals surface area (Å²) in [6.07, 6.45) is -3.08. The predicted octanol–water partition coefficient (Wildman–Crippen LogP) is 2.44. The fraction of sp³-hybridized carbons (Fsp3) is 0.474. The number of morpholine rings is 1. The van der Waals surface area contributed by atoms with E-state index in [1.165, 1.54) is 28.6 Å². The van der Waals surface area contributed by atoms with Crippen LogP contribution in [0, 0.1) is 0 Å². The molecule has 1 saturated heterocycles. The van der Waals surface area contributed by atoms with Crippen molar-refractivity contribution in [3.63, 3.8) is 0 Å². The number of amides is 1. The first kappa shape index (κ1) is 21.8. The maximum atomic E-state index is 13.0. The van der Waals surface area contributed by atoms with Gasteiger partial charge >= 0.3 is 6.18 Å². The highest BCUT2D eigenvalue weighted by Gasteiger charge is 2.38. The molecule has 0 radical (unpaired) electrons. The van der Waals surface area contributed by atoms with Crippen molar-refractivity contribution < 1.29 is 31.1 Å². The third-order valence-electron chi connectivity index (χ3n) is 5.12. The summed E-state index contributed by atoms with van der Waals surface area (Å²) in [6.45, 7) is 0.696. The highest BCUT2D eigenvalue weighted by molar-refractivity contribution is 7.89. The summed E-state index contributed by atoms with van der Waals surface area (Å²) in [4.78, 5) is 12.5. The largest absolute Gasteiger partial charge is 0.435 e. The number of halogens is 3. The van der Waals surface area contributed by atoms with Crippen molar-refractivity contribution in [3.8, 4) is 0 Å². The van der Waals surface area contributed by atoms with E-state index in [1.807, 2.05) is 0 Å². The molecule has 1 N–H and O–H groups in total. The van der Waals surface area contributed by atoms with Crippen LogP contribution in [-0.4, -0.2) is 54.7 Å². The molecule has 4 rings (SSSR count). The molecule has 1 aromatic heterocycles. The summed E-state index contributed by atoms with van der Waals surface area (Å²) in [7, 11) is -3.74. The van der Waals surface area contributed by atoms with Crippen LogP contribution in [0.25, 0.3) is 0 Å². The van der Waals surface area contributed by atoms with Gasteiger partial charge in [-0.1, -0.05) is 6.07 Å². The van der Waals surface area contributed by atoms with Crippen molar-refractivity contribution in [3.05, 3.63) is 41.7 Å². The van der Waals surface area contributed by atoms with Gasteiger partial charge in [0, 0.05) is 30.4 Å². The number of ether oxygens (including phenoxy) is 1. The van der Waals surface area contributed by atoms with E-state index >= 15 is 0 Å². The highest BCUT2D eigenvalue weighted by Crippen LogP contribution is 2.42. The number of alkyl halides is 3. The summed E-state index contributed by atoms with van der Waals surface area (Å²) in [6, 6.07) is 6.75. The van der Waals surface area contributed by atoms with Gasteiger partial charge in [-0.15, -0.1) is 0 Å². The number of nitrogens with zero attached hydrogens (tertiary/aromatic N) is 3. The third-order valence-corrected chi connectivity index (χ3v) is 7.01. The molecule has 1 aliphatic carbocycles. The Kier molecular flexibility index (Phi) is 5.79. The van der Waals surface area contributed by atoms with Gasteiger partial charge in [-0.25, -0.2) is 8.42 Å². The molecular weight excluding hydrogens is 437 g/mol. The van der Waals surface area contributed by atoms with Crippen LogP contribution in [0.15, 0.2) is 35.2 Å². The van der Waals surface area contributed by atoms with E-state index in [2.05, 4.69) is 10.4 Å². The number of aromatic nitrogens is 2. The number of carbonyl (C=O) groups is 1. The summed E-state index contributed by atoms with van der Waals surface area (Å²) >= 11 is 0. The van der Waals surface area contributed by atoms with Crippen molar-refractivity contribution in [1.29, 1.82) is 0 Å². The van der Waals surface area contributed by atoms with E-state index in [-0.39, 0.29) is 29.6 Å². The van der Waals surface area contributed by atoms with Crippen LogP contribution in [0.2, 0.25) is 0 Å². The van der Waals surface area contributed by atoms with Crippen molar-refractivity contribution in [2.24, 2.45) is 0 Å². The minimum atomic E-state index is -4.59. The second-order valence-electron chi connectivity index (χ2n) is 7.48. The molecule has 168 valence electrons. The van der Waals surface area contributed by atoms with Gasteiger partial charge < -0.3 is 10.1 Å². The number of rotatable bonds is 6. The number of benzene rings is 1. The topological polar surface area (TPSA) is 93.5 Å². The van der Waals surface area contributed by atoms with E-state index in [0.717, 1.165) is 23.6 Å². The molecular formula is C19H21F3N4O4S. The summed E-state index contributed by atoms with van der Waals surface area (Å²) < 4.78 is 72.2. The van der Waals surface area contributed by atoms with Crippen LogP contribution in [-0.2, 0) is 32.3 Å². The average molecular weight is 458 g/mol. The standard InChI is InChI=1S/C19H21F3N4O4S/c20-19(21,22)17-11-16(13-4-5-13)26(24-17)12-18(27)23-14-2-1-3-15(10-14)31(28,29)25-6-8-30-9-7-25/h1-3,10-11,13H,4-9,12H2,(H,23,27). The van der Waals surface area contributed by atoms with Gasteiger partial charge in [0.1, 0.15) is 6.54 Å². The maximum Gasteiger partial charge on any atom is 0.435 e. The molecule has 12 heteroatoms. The molecule has 1 amide bonds. The first-order valence-electron chi connectivity index (χ1n) is 9.77. The molecule has 8 nitrogen and oxygen atoms in total. The van der Waals surface area contributed by atoms with E-state index in [4.69, 9.17) is 4.74 Å². The molecule has 2 aromatic rings. The summed E-state index contributed by atoms with van der Waals surface area (Å²) in [5.41, 5.74) is -0.414. The lowest BCUT2D eigenvalue weighted by Gasteiger charge is -2.26. The number of nitrogens with one attached hydrogen (secondary N) is 1. The molecule has 0 bridgehead atoms. The maximum absolute atomic E-state index is 13.0. The number of hydrogen-bond donors (Lipinski definition) is 1. The smallest absolute Gasteiger partial charge is 0.379 e. The summed E-state index contributed by atoms with van der Waals surface area (Å²) in [5, 5.41) is 6.11. The van der Waals surface area contributed by atoms with Crippen molar-refractivity contribution in [1.82, 2.24) is 14.1 Å². The number of sulfonamides is 1. The third kappa shape index (κ3) is 4.91. The average Bonchev–Trinajstić information content (AvgIpc) is 3.48. The van der Waals surface area contributed by atoms with Crippen molar-refractivity contribution >= 4 is 21.6 Å². The Morgan fingerprint density at radius 2 is 1.90 bits per heavy atom. The Bertz CT molecular complexity index is 1070. The zero-order valence-electron chi connectivity index (χ0n) is 16.4. The zero-order chi connectivity index (χ0) is 22.2. The molecule has 2 heterocycles. The van der Waals surface area contributed by atoms with Crippen LogP contribution in [0.4, 0.5) is 18.9 Å². The fourth-order valence-corrected chi connectivity index (χ4v) is 4.87. The molecule has 0 atom stereocenters. The van der Waals surface area contributed by atoms with E-state index in [9.17, 15) is 26.4 Å². The number of hydrogen-bond acceptors (Lipinski definition) is 5. The highest BCUT2D eigenvalue weighted by atomic mass is 32.2. The fourth-order valence-electron chi connectivity index (χ4n) is 3.41. The van der Waals surface area contributed by atoms with Gasteiger partial charge in [0.25, 0.3) is 0 Å². The number of anilines is 1. The molecule has 31 heavy (non-hydrogen) atoms.